The standard InChI is InChI=1S/C18H28N2O3/c1-17(2,3)23-16(21)20-13-12-19-14-18(20,22)11-7-10-15-8-5-4-6-9-15/h4-6,8-9,19,22H,7,10-14H2,1-3H3/t18-/m0/s1. The lowest BCUT2D eigenvalue weighted by Crippen LogP contribution is -2.63. The van der Waals surface area contributed by atoms with Crippen LogP contribution in [0.2, 0.25) is 0 Å². The van der Waals surface area contributed by atoms with Gasteiger partial charge >= 0.3 is 6.09 Å². The lowest BCUT2D eigenvalue weighted by molar-refractivity contribution is -0.122. The SMILES string of the molecule is CC(C)(C)OC(=O)N1CCNC[C@@]1(O)CCCc1ccccc1. The summed E-state index contributed by atoms with van der Waals surface area (Å²) in [5.74, 6) is 0. The molecule has 1 atom stereocenters. The van der Waals surface area contributed by atoms with Gasteiger partial charge in [-0.3, -0.25) is 4.90 Å². The molecule has 1 aromatic carbocycles. The Labute approximate surface area is 138 Å². The summed E-state index contributed by atoms with van der Waals surface area (Å²) in [6.45, 7) is 7.00. The third kappa shape index (κ3) is 5.22. The zero-order chi connectivity index (χ0) is 16.9. The highest BCUT2D eigenvalue weighted by molar-refractivity contribution is 5.69. The Hall–Kier alpha value is -1.59. The van der Waals surface area contributed by atoms with Crippen LogP contribution in [0.15, 0.2) is 30.3 Å². The van der Waals surface area contributed by atoms with Crippen molar-refractivity contribution < 1.29 is 14.6 Å². The van der Waals surface area contributed by atoms with Gasteiger partial charge < -0.3 is 15.2 Å². The van der Waals surface area contributed by atoms with Gasteiger partial charge in [-0.25, -0.2) is 4.79 Å². The fraction of sp³-hybridized carbons (Fsp3) is 0.611. The van der Waals surface area contributed by atoms with Crippen LogP contribution in [-0.4, -0.2) is 47.1 Å². The lowest BCUT2D eigenvalue weighted by atomic mass is 9.99. The summed E-state index contributed by atoms with van der Waals surface area (Å²) in [6, 6.07) is 10.2. The van der Waals surface area contributed by atoms with E-state index >= 15 is 0 Å². The fourth-order valence-corrected chi connectivity index (χ4v) is 2.80. The number of β-amino-alcohol motifs (C(OH)–C–C–N with tert-alkyl or cyclic N) is 1. The van der Waals surface area contributed by atoms with Gasteiger partial charge in [-0.15, -0.1) is 0 Å². The van der Waals surface area contributed by atoms with Crippen LogP contribution in [-0.2, 0) is 11.2 Å². The van der Waals surface area contributed by atoms with Crippen molar-refractivity contribution in [2.24, 2.45) is 0 Å². The van der Waals surface area contributed by atoms with Crippen molar-refractivity contribution >= 4 is 6.09 Å². The lowest BCUT2D eigenvalue weighted by Gasteiger charge is -2.43. The van der Waals surface area contributed by atoms with Crippen LogP contribution in [0, 0.1) is 0 Å². The molecule has 0 bridgehead atoms. The van der Waals surface area contributed by atoms with Gasteiger partial charge in [0.2, 0.25) is 0 Å². The normalized spacial score (nSPS) is 22.0. The van der Waals surface area contributed by atoms with Crippen LogP contribution in [0.25, 0.3) is 0 Å². The highest BCUT2D eigenvalue weighted by Gasteiger charge is 2.41. The molecule has 1 aromatic rings. The summed E-state index contributed by atoms with van der Waals surface area (Å²) in [6.07, 6.45) is 1.77. The van der Waals surface area contributed by atoms with Crippen molar-refractivity contribution in [3.05, 3.63) is 35.9 Å². The van der Waals surface area contributed by atoms with E-state index in [1.54, 1.807) is 0 Å². The van der Waals surface area contributed by atoms with Crippen molar-refractivity contribution in [1.29, 1.82) is 0 Å². The van der Waals surface area contributed by atoms with Gasteiger partial charge in [0.25, 0.3) is 0 Å². The number of amides is 1. The number of nitrogens with one attached hydrogen (secondary N) is 1. The second-order valence-corrected chi connectivity index (χ2v) is 7.13. The van der Waals surface area contributed by atoms with E-state index in [1.165, 1.54) is 10.5 Å². The maximum absolute atomic E-state index is 12.4. The molecule has 2 rings (SSSR count). The van der Waals surface area contributed by atoms with E-state index < -0.39 is 17.4 Å². The monoisotopic (exact) mass is 320 g/mol. The maximum Gasteiger partial charge on any atom is 0.412 e. The predicted octanol–water partition coefficient (Wildman–Crippen LogP) is 2.54. The first-order valence-electron chi connectivity index (χ1n) is 8.28. The number of hydrogen-bond donors (Lipinski definition) is 2. The first-order valence-corrected chi connectivity index (χ1v) is 8.28. The number of benzene rings is 1. The van der Waals surface area contributed by atoms with Crippen molar-refractivity contribution in [2.75, 3.05) is 19.6 Å². The minimum absolute atomic E-state index is 0.376. The summed E-state index contributed by atoms with van der Waals surface area (Å²) in [4.78, 5) is 13.9. The number of carbonyl (C=O) groups is 1. The smallest absolute Gasteiger partial charge is 0.412 e. The quantitative estimate of drug-likeness (QED) is 0.895. The van der Waals surface area contributed by atoms with Crippen molar-refractivity contribution in [3.63, 3.8) is 0 Å². The average molecular weight is 320 g/mol. The van der Waals surface area contributed by atoms with Gasteiger partial charge in [0.15, 0.2) is 5.72 Å². The number of nitrogens with zero attached hydrogens (tertiary/aromatic N) is 1. The van der Waals surface area contributed by atoms with Gasteiger partial charge in [-0.2, -0.15) is 0 Å². The molecule has 5 heteroatoms. The van der Waals surface area contributed by atoms with E-state index in [0.29, 0.717) is 26.1 Å². The number of piperazine rings is 1. The third-order valence-electron chi connectivity index (χ3n) is 3.92. The molecule has 0 spiro atoms. The topological polar surface area (TPSA) is 61.8 Å². The number of hydrogen-bond acceptors (Lipinski definition) is 4. The zero-order valence-electron chi connectivity index (χ0n) is 14.3. The number of rotatable bonds is 4. The Morgan fingerprint density at radius 1 is 1.35 bits per heavy atom. The second-order valence-electron chi connectivity index (χ2n) is 7.13. The van der Waals surface area contributed by atoms with E-state index in [2.05, 4.69) is 17.4 Å². The molecule has 1 saturated heterocycles. The Kier molecular flexibility index (Phi) is 5.65. The number of aryl methyl sites for hydroxylation is 1. The van der Waals surface area contributed by atoms with E-state index in [-0.39, 0.29) is 0 Å². The molecule has 23 heavy (non-hydrogen) atoms. The first kappa shape index (κ1) is 17.8. The highest BCUT2D eigenvalue weighted by atomic mass is 16.6. The fourth-order valence-electron chi connectivity index (χ4n) is 2.80. The Bertz CT molecular complexity index is 513. The van der Waals surface area contributed by atoms with E-state index in [4.69, 9.17) is 4.74 Å². The van der Waals surface area contributed by atoms with Crippen molar-refractivity contribution in [2.45, 2.75) is 51.4 Å². The summed E-state index contributed by atoms with van der Waals surface area (Å²) < 4.78 is 5.44. The van der Waals surface area contributed by atoms with E-state index in [1.807, 2.05) is 39.0 Å². The highest BCUT2D eigenvalue weighted by Crippen LogP contribution is 2.24. The largest absolute Gasteiger partial charge is 0.444 e. The molecule has 0 unspecified atom stereocenters. The zero-order valence-corrected chi connectivity index (χ0v) is 14.3. The van der Waals surface area contributed by atoms with Crippen LogP contribution in [0.3, 0.4) is 0 Å². The Morgan fingerprint density at radius 2 is 2.04 bits per heavy atom. The van der Waals surface area contributed by atoms with Crippen molar-refractivity contribution in [1.82, 2.24) is 10.2 Å². The molecule has 1 aliphatic rings. The molecule has 0 aromatic heterocycles. The number of carbonyl (C=O) groups excluding carboxylic acids is 1. The Morgan fingerprint density at radius 3 is 2.70 bits per heavy atom. The minimum atomic E-state index is -1.19. The molecule has 1 amide bonds. The predicted molar refractivity (Wildman–Crippen MR) is 90.1 cm³/mol. The summed E-state index contributed by atoms with van der Waals surface area (Å²) in [7, 11) is 0. The van der Waals surface area contributed by atoms with Gasteiger partial charge in [-0.05, 0) is 45.6 Å². The van der Waals surface area contributed by atoms with E-state index in [0.717, 1.165) is 12.8 Å². The number of aliphatic hydroxyl groups is 1. The average Bonchev–Trinajstić information content (AvgIpc) is 2.46. The van der Waals surface area contributed by atoms with Gasteiger partial charge in [0, 0.05) is 19.6 Å². The molecular formula is C18H28N2O3. The van der Waals surface area contributed by atoms with Crippen LogP contribution in [0.5, 0.6) is 0 Å². The van der Waals surface area contributed by atoms with Crippen LogP contribution >= 0.6 is 0 Å². The van der Waals surface area contributed by atoms with Gasteiger partial charge in [0.1, 0.15) is 5.60 Å². The summed E-state index contributed by atoms with van der Waals surface area (Å²) in [5, 5.41) is 14.1. The number of ether oxygens (including phenoxy) is 1. The molecule has 2 N–H and O–H groups in total. The molecule has 128 valence electrons. The molecule has 0 radical (unpaired) electrons. The van der Waals surface area contributed by atoms with Crippen LogP contribution in [0.4, 0.5) is 4.79 Å². The molecule has 1 aliphatic heterocycles. The van der Waals surface area contributed by atoms with Crippen LogP contribution in [0.1, 0.15) is 39.2 Å². The molecule has 1 fully saturated rings. The Balaban J connectivity index is 1.96. The second kappa shape index (κ2) is 7.32. The molecular weight excluding hydrogens is 292 g/mol. The third-order valence-corrected chi connectivity index (χ3v) is 3.92. The molecule has 0 saturated carbocycles. The van der Waals surface area contributed by atoms with E-state index in [9.17, 15) is 9.90 Å². The molecule has 1 heterocycles. The van der Waals surface area contributed by atoms with Gasteiger partial charge in [-0.1, -0.05) is 30.3 Å². The first-order chi connectivity index (χ1) is 10.8. The molecule has 0 aliphatic carbocycles. The summed E-state index contributed by atoms with van der Waals surface area (Å²) >= 11 is 0. The van der Waals surface area contributed by atoms with Crippen LogP contribution < -0.4 is 5.32 Å². The summed E-state index contributed by atoms with van der Waals surface area (Å²) in [5.41, 5.74) is -0.508. The molecule has 5 nitrogen and oxygen atoms in total. The van der Waals surface area contributed by atoms with Gasteiger partial charge in [0.05, 0.1) is 0 Å². The van der Waals surface area contributed by atoms with Crippen molar-refractivity contribution in [3.8, 4) is 0 Å². The minimum Gasteiger partial charge on any atom is -0.444 e. The maximum atomic E-state index is 12.4.